The summed E-state index contributed by atoms with van der Waals surface area (Å²) in [4.78, 5) is 2.27. The van der Waals surface area contributed by atoms with E-state index in [2.05, 4.69) is 69.2 Å². The van der Waals surface area contributed by atoms with Crippen LogP contribution in [0.25, 0.3) is 0 Å². The zero-order valence-corrected chi connectivity index (χ0v) is 14.4. The van der Waals surface area contributed by atoms with Crippen LogP contribution in [0.2, 0.25) is 0 Å². The summed E-state index contributed by atoms with van der Waals surface area (Å²) in [7, 11) is 4.06. The second-order valence-corrected chi connectivity index (χ2v) is 6.59. The fourth-order valence-corrected chi connectivity index (χ4v) is 3.23. The number of aliphatic hydroxyl groups is 1. The van der Waals surface area contributed by atoms with Crippen LogP contribution in [0.5, 0.6) is 0 Å². The van der Waals surface area contributed by atoms with Gasteiger partial charge in [0.2, 0.25) is 0 Å². The van der Waals surface area contributed by atoms with Crippen molar-refractivity contribution in [3.8, 4) is 0 Å². The minimum Gasteiger partial charge on any atom is -0.387 e. The third-order valence-corrected chi connectivity index (χ3v) is 4.56. The molecule has 0 aromatic heterocycles. The van der Waals surface area contributed by atoms with Crippen LogP contribution in [0.4, 0.5) is 0 Å². The molecule has 0 aliphatic heterocycles. The summed E-state index contributed by atoms with van der Waals surface area (Å²) in [5, 5.41) is 14.7. The number of likely N-dealkylation sites (N-methyl/N-ethyl adjacent to an activating group) is 2. The van der Waals surface area contributed by atoms with Gasteiger partial charge < -0.3 is 10.4 Å². The molecule has 1 rings (SSSR count). The standard InChI is InChI=1S/C18H32N2O/c1-14(2)18(21,15(3)4)17(20(6)13-12-19-5)16-10-8-7-9-11-16/h7-11,14-15,17,19,21H,12-13H2,1-6H3. The molecule has 0 amide bonds. The van der Waals surface area contributed by atoms with Crippen molar-refractivity contribution in [3.05, 3.63) is 35.9 Å². The van der Waals surface area contributed by atoms with Crippen LogP contribution in [-0.4, -0.2) is 42.8 Å². The normalized spacial score (nSPS) is 14.2. The molecule has 0 aliphatic carbocycles. The highest BCUT2D eigenvalue weighted by Gasteiger charge is 2.45. The fourth-order valence-electron chi connectivity index (χ4n) is 3.23. The molecule has 1 aromatic carbocycles. The average Bonchev–Trinajstić information content (AvgIpc) is 2.45. The van der Waals surface area contributed by atoms with E-state index in [-0.39, 0.29) is 17.9 Å². The van der Waals surface area contributed by atoms with Crippen LogP contribution in [0, 0.1) is 11.8 Å². The molecule has 0 saturated carbocycles. The second kappa shape index (κ2) is 7.92. The van der Waals surface area contributed by atoms with Crippen molar-refractivity contribution in [3.63, 3.8) is 0 Å². The minimum absolute atomic E-state index is 0.00736. The van der Waals surface area contributed by atoms with Crippen molar-refractivity contribution in [2.45, 2.75) is 39.3 Å². The van der Waals surface area contributed by atoms with Crippen LogP contribution in [-0.2, 0) is 0 Å². The molecule has 1 atom stereocenters. The van der Waals surface area contributed by atoms with Gasteiger partial charge in [-0.15, -0.1) is 0 Å². The Hall–Kier alpha value is -0.900. The van der Waals surface area contributed by atoms with Gasteiger partial charge in [-0.1, -0.05) is 58.0 Å². The number of hydrogen-bond donors (Lipinski definition) is 2. The minimum atomic E-state index is -0.760. The number of rotatable bonds is 8. The van der Waals surface area contributed by atoms with E-state index >= 15 is 0 Å². The Morgan fingerprint density at radius 2 is 1.62 bits per heavy atom. The Bertz CT molecular complexity index is 395. The highest BCUT2D eigenvalue weighted by Crippen LogP contribution is 2.41. The third kappa shape index (κ3) is 4.06. The lowest BCUT2D eigenvalue weighted by atomic mass is 9.72. The quantitative estimate of drug-likeness (QED) is 0.773. The van der Waals surface area contributed by atoms with Gasteiger partial charge in [0.15, 0.2) is 0 Å². The Morgan fingerprint density at radius 1 is 1.10 bits per heavy atom. The maximum absolute atomic E-state index is 11.5. The predicted octanol–water partition coefficient (Wildman–Crippen LogP) is 2.92. The lowest BCUT2D eigenvalue weighted by Gasteiger charge is -2.47. The molecule has 0 radical (unpaired) electrons. The Kier molecular flexibility index (Phi) is 6.85. The van der Waals surface area contributed by atoms with Crippen molar-refractivity contribution in [1.82, 2.24) is 10.2 Å². The predicted molar refractivity (Wildman–Crippen MR) is 90.4 cm³/mol. The largest absolute Gasteiger partial charge is 0.387 e. The lowest BCUT2D eigenvalue weighted by Crippen LogP contribution is -2.53. The summed E-state index contributed by atoms with van der Waals surface area (Å²) >= 11 is 0. The molecule has 0 fully saturated rings. The van der Waals surface area contributed by atoms with Crippen molar-refractivity contribution in [2.75, 3.05) is 27.2 Å². The van der Waals surface area contributed by atoms with Crippen molar-refractivity contribution >= 4 is 0 Å². The molecule has 0 bridgehead atoms. The molecule has 1 aromatic rings. The van der Waals surface area contributed by atoms with E-state index in [0.717, 1.165) is 13.1 Å². The molecular weight excluding hydrogens is 260 g/mol. The first-order valence-electron chi connectivity index (χ1n) is 7.97. The van der Waals surface area contributed by atoms with Gasteiger partial charge in [-0.2, -0.15) is 0 Å². The Labute approximate surface area is 130 Å². The van der Waals surface area contributed by atoms with Crippen molar-refractivity contribution in [1.29, 1.82) is 0 Å². The van der Waals surface area contributed by atoms with Gasteiger partial charge in [-0.05, 0) is 31.5 Å². The fraction of sp³-hybridized carbons (Fsp3) is 0.667. The van der Waals surface area contributed by atoms with Crippen LogP contribution in [0.1, 0.15) is 39.3 Å². The number of benzene rings is 1. The van der Waals surface area contributed by atoms with E-state index in [1.807, 2.05) is 13.1 Å². The van der Waals surface area contributed by atoms with Gasteiger partial charge in [-0.3, -0.25) is 4.90 Å². The molecule has 21 heavy (non-hydrogen) atoms. The summed E-state index contributed by atoms with van der Waals surface area (Å²) in [6, 6.07) is 10.4. The SMILES string of the molecule is CNCCN(C)C(c1ccccc1)C(O)(C(C)C)C(C)C. The van der Waals surface area contributed by atoms with E-state index < -0.39 is 5.60 Å². The average molecular weight is 292 g/mol. The van der Waals surface area contributed by atoms with E-state index in [1.165, 1.54) is 5.56 Å². The van der Waals surface area contributed by atoms with Crippen molar-refractivity contribution in [2.24, 2.45) is 11.8 Å². The second-order valence-electron chi connectivity index (χ2n) is 6.59. The van der Waals surface area contributed by atoms with E-state index in [4.69, 9.17) is 0 Å². The van der Waals surface area contributed by atoms with Crippen molar-refractivity contribution < 1.29 is 5.11 Å². The molecule has 0 saturated heterocycles. The highest BCUT2D eigenvalue weighted by molar-refractivity contribution is 5.23. The van der Waals surface area contributed by atoms with Gasteiger partial charge in [0.05, 0.1) is 11.6 Å². The Balaban J connectivity index is 3.23. The molecule has 3 heteroatoms. The van der Waals surface area contributed by atoms with Gasteiger partial charge in [0.1, 0.15) is 0 Å². The molecule has 120 valence electrons. The monoisotopic (exact) mass is 292 g/mol. The lowest BCUT2D eigenvalue weighted by molar-refractivity contribution is -0.110. The van der Waals surface area contributed by atoms with Gasteiger partial charge in [0.25, 0.3) is 0 Å². The van der Waals surface area contributed by atoms with Gasteiger partial charge in [-0.25, -0.2) is 0 Å². The molecule has 2 N–H and O–H groups in total. The smallest absolute Gasteiger partial charge is 0.0888 e. The number of nitrogens with one attached hydrogen (secondary N) is 1. The molecule has 3 nitrogen and oxygen atoms in total. The van der Waals surface area contributed by atoms with Crippen LogP contribution < -0.4 is 5.32 Å². The first-order chi connectivity index (χ1) is 9.85. The zero-order valence-electron chi connectivity index (χ0n) is 14.4. The number of nitrogens with zero attached hydrogens (tertiary/aromatic N) is 1. The molecular formula is C18H32N2O. The first-order valence-corrected chi connectivity index (χ1v) is 7.97. The van der Waals surface area contributed by atoms with Crippen LogP contribution in [0.15, 0.2) is 30.3 Å². The maximum Gasteiger partial charge on any atom is 0.0888 e. The molecule has 1 unspecified atom stereocenters. The molecule has 0 heterocycles. The maximum atomic E-state index is 11.5. The summed E-state index contributed by atoms with van der Waals surface area (Å²) in [5.41, 5.74) is 0.421. The van der Waals surface area contributed by atoms with Crippen LogP contribution in [0.3, 0.4) is 0 Å². The van der Waals surface area contributed by atoms with E-state index in [0.29, 0.717) is 0 Å². The summed E-state index contributed by atoms with van der Waals surface area (Å²) < 4.78 is 0. The molecule has 0 spiro atoms. The van der Waals surface area contributed by atoms with Crippen LogP contribution >= 0.6 is 0 Å². The third-order valence-electron chi connectivity index (χ3n) is 4.56. The Morgan fingerprint density at radius 3 is 2.05 bits per heavy atom. The topological polar surface area (TPSA) is 35.5 Å². The zero-order chi connectivity index (χ0) is 16.0. The van der Waals surface area contributed by atoms with Gasteiger partial charge >= 0.3 is 0 Å². The first kappa shape index (κ1) is 18.1. The highest BCUT2D eigenvalue weighted by atomic mass is 16.3. The summed E-state index contributed by atoms with van der Waals surface area (Å²) in [6.07, 6.45) is 0. The van der Waals surface area contributed by atoms with Gasteiger partial charge in [0, 0.05) is 13.1 Å². The number of hydrogen-bond acceptors (Lipinski definition) is 3. The van der Waals surface area contributed by atoms with E-state index in [1.54, 1.807) is 0 Å². The summed E-state index contributed by atoms with van der Waals surface area (Å²) in [5.74, 6) is 0.361. The van der Waals surface area contributed by atoms with E-state index in [9.17, 15) is 5.11 Å². The molecule has 0 aliphatic rings. The summed E-state index contributed by atoms with van der Waals surface area (Å²) in [6.45, 7) is 10.3.